The van der Waals surface area contributed by atoms with Gasteiger partial charge in [-0.25, -0.2) is 4.98 Å². The third-order valence-corrected chi connectivity index (χ3v) is 6.08. The molecule has 0 spiro atoms. The highest BCUT2D eigenvalue weighted by Gasteiger charge is 2.27. The van der Waals surface area contributed by atoms with E-state index in [1.807, 2.05) is 29.2 Å². The molecule has 0 saturated carbocycles. The van der Waals surface area contributed by atoms with Gasteiger partial charge < -0.3 is 10.2 Å². The number of piperidine rings is 1. The molecule has 2 amide bonds. The van der Waals surface area contributed by atoms with E-state index in [0.29, 0.717) is 48.2 Å². The van der Waals surface area contributed by atoms with E-state index >= 15 is 0 Å². The number of benzene rings is 1. The van der Waals surface area contributed by atoms with Gasteiger partial charge in [-0.15, -0.1) is 11.8 Å². The van der Waals surface area contributed by atoms with Gasteiger partial charge in [-0.1, -0.05) is 23.2 Å². The predicted molar refractivity (Wildman–Crippen MR) is 114 cm³/mol. The second-order valence-electron chi connectivity index (χ2n) is 6.56. The second kappa shape index (κ2) is 10.1. The van der Waals surface area contributed by atoms with Gasteiger partial charge in [0.25, 0.3) is 0 Å². The first kappa shape index (κ1) is 21.0. The monoisotopic (exact) mass is 437 g/mol. The van der Waals surface area contributed by atoms with E-state index in [0.717, 1.165) is 10.6 Å². The van der Waals surface area contributed by atoms with Crippen LogP contribution in [0.1, 0.15) is 19.3 Å². The molecule has 2 heterocycles. The van der Waals surface area contributed by atoms with Crippen LogP contribution in [0.15, 0.2) is 47.5 Å². The SMILES string of the molecule is O=C(Nc1ccc(Cl)cn1)C1CCN(C(=O)CCSc2ccc(Cl)cc2)CC1. The van der Waals surface area contributed by atoms with Gasteiger partial charge in [0.2, 0.25) is 11.8 Å². The van der Waals surface area contributed by atoms with Crippen molar-refractivity contribution in [2.45, 2.75) is 24.2 Å². The number of nitrogens with zero attached hydrogens (tertiary/aromatic N) is 2. The Morgan fingerprint density at radius 1 is 1.07 bits per heavy atom. The van der Waals surface area contributed by atoms with Crippen molar-refractivity contribution in [3.8, 4) is 0 Å². The molecule has 5 nitrogen and oxygen atoms in total. The molecule has 1 saturated heterocycles. The van der Waals surface area contributed by atoms with Crippen molar-refractivity contribution in [3.05, 3.63) is 52.6 Å². The predicted octanol–water partition coefficient (Wildman–Crippen LogP) is 4.75. The van der Waals surface area contributed by atoms with Crippen LogP contribution in [-0.4, -0.2) is 40.5 Å². The van der Waals surface area contributed by atoms with E-state index in [-0.39, 0.29) is 17.7 Å². The van der Waals surface area contributed by atoms with Crippen LogP contribution in [-0.2, 0) is 9.59 Å². The molecule has 0 atom stereocenters. The first-order valence-corrected chi connectivity index (χ1v) is 10.8. The fraction of sp³-hybridized carbons (Fsp3) is 0.350. The summed E-state index contributed by atoms with van der Waals surface area (Å²) >= 11 is 13.3. The summed E-state index contributed by atoms with van der Waals surface area (Å²) in [5, 5.41) is 4.05. The van der Waals surface area contributed by atoms with Crippen LogP contribution in [0, 0.1) is 5.92 Å². The molecule has 0 unspecified atom stereocenters. The van der Waals surface area contributed by atoms with Gasteiger partial charge in [0.15, 0.2) is 0 Å². The van der Waals surface area contributed by atoms with Crippen molar-refractivity contribution in [1.29, 1.82) is 0 Å². The van der Waals surface area contributed by atoms with Crippen LogP contribution in [0.2, 0.25) is 10.0 Å². The zero-order valence-electron chi connectivity index (χ0n) is 15.2. The van der Waals surface area contributed by atoms with Crippen LogP contribution in [0.25, 0.3) is 0 Å². The average molecular weight is 438 g/mol. The van der Waals surface area contributed by atoms with Crippen molar-refractivity contribution in [3.63, 3.8) is 0 Å². The van der Waals surface area contributed by atoms with Gasteiger partial charge in [0.1, 0.15) is 5.82 Å². The fourth-order valence-corrected chi connectivity index (χ4v) is 4.09. The number of hydrogen-bond donors (Lipinski definition) is 1. The Morgan fingerprint density at radius 2 is 1.75 bits per heavy atom. The first-order chi connectivity index (χ1) is 13.5. The zero-order chi connectivity index (χ0) is 19.9. The van der Waals surface area contributed by atoms with E-state index in [1.54, 1.807) is 23.9 Å². The lowest BCUT2D eigenvalue weighted by atomic mass is 9.95. The number of thioether (sulfide) groups is 1. The Bertz CT molecular complexity index is 807. The maximum absolute atomic E-state index is 12.4. The molecular weight excluding hydrogens is 417 g/mol. The number of likely N-dealkylation sites (tertiary alicyclic amines) is 1. The number of carbonyl (C=O) groups is 2. The molecular formula is C20H21Cl2N3O2S. The standard InChI is InChI=1S/C20H21Cl2N3O2S/c21-15-1-4-17(5-2-15)28-12-9-19(26)25-10-7-14(8-11-25)20(27)24-18-6-3-16(22)13-23-18/h1-6,13-14H,7-12H2,(H,23,24,27). The molecule has 1 aromatic carbocycles. The molecule has 8 heteroatoms. The van der Waals surface area contributed by atoms with Gasteiger partial charge in [-0.2, -0.15) is 0 Å². The van der Waals surface area contributed by atoms with E-state index in [4.69, 9.17) is 23.2 Å². The summed E-state index contributed by atoms with van der Waals surface area (Å²) in [4.78, 5) is 31.8. The molecule has 148 valence electrons. The van der Waals surface area contributed by atoms with E-state index in [9.17, 15) is 9.59 Å². The summed E-state index contributed by atoms with van der Waals surface area (Å²) < 4.78 is 0. The lowest BCUT2D eigenvalue weighted by molar-refractivity contribution is -0.134. The zero-order valence-corrected chi connectivity index (χ0v) is 17.6. The maximum atomic E-state index is 12.4. The van der Waals surface area contributed by atoms with Gasteiger partial charge in [0.05, 0.1) is 5.02 Å². The summed E-state index contributed by atoms with van der Waals surface area (Å²) in [7, 11) is 0. The Balaban J connectivity index is 1.39. The number of halogens is 2. The lowest BCUT2D eigenvalue weighted by Gasteiger charge is -2.31. The first-order valence-electron chi connectivity index (χ1n) is 9.10. The topological polar surface area (TPSA) is 62.3 Å². The van der Waals surface area contributed by atoms with E-state index in [1.165, 1.54) is 6.20 Å². The smallest absolute Gasteiger partial charge is 0.228 e. The Hall–Kier alpha value is -1.76. The van der Waals surface area contributed by atoms with Crippen LogP contribution >= 0.6 is 35.0 Å². The molecule has 1 N–H and O–H groups in total. The molecule has 1 aliphatic heterocycles. The summed E-state index contributed by atoms with van der Waals surface area (Å²) in [5.74, 6) is 1.19. The summed E-state index contributed by atoms with van der Waals surface area (Å²) in [6, 6.07) is 11.0. The largest absolute Gasteiger partial charge is 0.343 e. The number of anilines is 1. The van der Waals surface area contributed by atoms with Crippen LogP contribution in [0.4, 0.5) is 5.82 Å². The number of pyridine rings is 1. The molecule has 28 heavy (non-hydrogen) atoms. The minimum absolute atomic E-state index is 0.0554. The lowest BCUT2D eigenvalue weighted by Crippen LogP contribution is -2.41. The number of carbonyl (C=O) groups excluding carboxylic acids is 2. The van der Waals surface area contributed by atoms with Gasteiger partial charge in [0, 0.05) is 47.3 Å². The van der Waals surface area contributed by atoms with Crippen molar-refractivity contribution in [2.24, 2.45) is 5.92 Å². The average Bonchev–Trinajstić information content (AvgIpc) is 2.71. The normalized spacial score (nSPS) is 14.7. The number of nitrogens with one attached hydrogen (secondary N) is 1. The second-order valence-corrected chi connectivity index (χ2v) is 8.60. The summed E-state index contributed by atoms with van der Waals surface area (Å²) in [5.41, 5.74) is 0. The minimum atomic E-state index is -0.107. The van der Waals surface area contributed by atoms with Crippen molar-refractivity contribution in [1.82, 2.24) is 9.88 Å². The summed E-state index contributed by atoms with van der Waals surface area (Å²) in [6.45, 7) is 1.22. The van der Waals surface area contributed by atoms with Gasteiger partial charge in [-0.05, 0) is 49.2 Å². The molecule has 0 radical (unpaired) electrons. The van der Waals surface area contributed by atoms with E-state index < -0.39 is 0 Å². The van der Waals surface area contributed by atoms with E-state index in [2.05, 4.69) is 10.3 Å². The molecule has 3 rings (SSSR count). The highest BCUT2D eigenvalue weighted by atomic mass is 35.5. The quantitative estimate of drug-likeness (QED) is 0.662. The Labute approximate surface area is 178 Å². The third kappa shape index (κ3) is 6.12. The maximum Gasteiger partial charge on any atom is 0.228 e. The Morgan fingerprint density at radius 3 is 2.39 bits per heavy atom. The van der Waals surface area contributed by atoms with Crippen molar-refractivity contribution in [2.75, 3.05) is 24.2 Å². The highest BCUT2D eigenvalue weighted by Crippen LogP contribution is 2.23. The minimum Gasteiger partial charge on any atom is -0.343 e. The molecule has 2 aromatic rings. The molecule has 1 aromatic heterocycles. The van der Waals surface area contributed by atoms with Crippen molar-refractivity contribution >= 4 is 52.6 Å². The number of hydrogen-bond acceptors (Lipinski definition) is 4. The van der Waals surface area contributed by atoms with Crippen LogP contribution in [0.3, 0.4) is 0 Å². The third-order valence-electron chi connectivity index (χ3n) is 4.60. The van der Waals surface area contributed by atoms with Crippen molar-refractivity contribution < 1.29 is 9.59 Å². The Kier molecular flexibility index (Phi) is 7.59. The number of aromatic nitrogens is 1. The van der Waals surface area contributed by atoms with Crippen LogP contribution in [0.5, 0.6) is 0 Å². The molecule has 1 fully saturated rings. The highest BCUT2D eigenvalue weighted by molar-refractivity contribution is 7.99. The molecule has 0 aliphatic carbocycles. The van der Waals surface area contributed by atoms with Gasteiger partial charge in [-0.3, -0.25) is 9.59 Å². The number of amides is 2. The molecule has 1 aliphatic rings. The fourth-order valence-electron chi connectivity index (χ4n) is 3.01. The summed E-state index contributed by atoms with van der Waals surface area (Å²) in [6.07, 6.45) is 3.31. The molecule has 0 bridgehead atoms. The van der Waals surface area contributed by atoms with Gasteiger partial charge >= 0.3 is 0 Å². The number of rotatable bonds is 6. The van der Waals surface area contributed by atoms with Crippen LogP contribution < -0.4 is 5.32 Å².